The molecular formula is C19H31FIN3O2. The van der Waals surface area contributed by atoms with E-state index in [0.717, 1.165) is 63.7 Å². The van der Waals surface area contributed by atoms with Crippen LogP contribution in [0.3, 0.4) is 0 Å². The van der Waals surface area contributed by atoms with Crippen LogP contribution in [0.25, 0.3) is 0 Å². The topological polar surface area (TPSA) is 54.9 Å². The van der Waals surface area contributed by atoms with E-state index < -0.39 is 0 Å². The maximum atomic E-state index is 13.3. The van der Waals surface area contributed by atoms with Gasteiger partial charge in [-0.05, 0) is 50.3 Å². The number of rotatable bonds is 8. The van der Waals surface area contributed by atoms with E-state index in [0.29, 0.717) is 18.2 Å². The van der Waals surface area contributed by atoms with E-state index in [1.807, 2.05) is 13.0 Å². The summed E-state index contributed by atoms with van der Waals surface area (Å²) in [6, 6.07) is 5.11. The standard InChI is InChI=1S/C19H30FN3O2.HI/c1-3-21-19(23-14-16-5-6-18(20)15(2)13-16)22-9-4-10-25-17-7-11-24-12-8-17;/h5-6,13,17H,3-4,7-12,14H2,1-2H3,(H2,21,22,23);1H. The quantitative estimate of drug-likeness (QED) is 0.260. The van der Waals surface area contributed by atoms with Crippen LogP contribution in [0.1, 0.15) is 37.3 Å². The largest absolute Gasteiger partial charge is 0.381 e. The van der Waals surface area contributed by atoms with Crippen LogP contribution in [0.5, 0.6) is 0 Å². The predicted molar refractivity (Wildman–Crippen MR) is 114 cm³/mol. The van der Waals surface area contributed by atoms with E-state index >= 15 is 0 Å². The maximum absolute atomic E-state index is 13.3. The third-order valence-electron chi connectivity index (χ3n) is 4.12. The van der Waals surface area contributed by atoms with Gasteiger partial charge >= 0.3 is 0 Å². The first-order valence-electron chi connectivity index (χ1n) is 9.15. The second-order valence-electron chi connectivity index (χ2n) is 6.24. The van der Waals surface area contributed by atoms with Crippen molar-refractivity contribution in [3.63, 3.8) is 0 Å². The molecule has 1 aromatic carbocycles. The number of nitrogens with one attached hydrogen (secondary N) is 2. The van der Waals surface area contributed by atoms with E-state index in [4.69, 9.17) is 9.47 Å². The maximum Gasteiger partial charge on any atom is 0.191 e. The van der Waals surface area contributed by atoms with Crippen molar-refractivity contribution in [3.05, 3.63) is 35.1 Å². The molecule has 0 radical (unpaired) electrons. The van der Waals surface area contributed by atoms with Gasteiger partial charge < -0.3 is 20.1 Å². The number of halogens is 2. The summed E-state index contributed by atoms with van der Waals surface area (Å²) >= 11 is 0. The highest BCUT2D eigenvalue weighted by Crippen LogP contribution is 2.11. The van der Waals surface area contributed by atoms with Gasteiger partial charge in [0.15, 0.2) is 5.96 Å². The number of nitrogens with zero attached hydrogens (tertiary/aromatic N) is 1. The fourth-order valence-electron chi connectivity index (χ4n) is 2.69. The van der Waals surface area contributed by atoms with Crippen LogP contribution in [-0.4, -0.2) is 45.0 Å². The molecule has 0 bridgehead atoms. The zero-order chi connectivity index (χ0) is 17.9. The molecule has 1 aromatic rings. The van der Waals surface area contributed by atoms with Crippen molar-refractivity contribution in [2.24, 2.45) is 4.99 Å². The average molecular weight is 479 g/mol. The summed E-state index contributed by atoms with van der Waals surface area (Å²) in [6.45, 7) is 8.29. The summed E-state index contributed by atoms with van der Waals surface area (Å²) < 4.78 is 24.5. The minimum Gasteiger partial charge on any atom is -0.381 e. The molecule has 0 atom stereocenters. The number of guanidine groups is 1. The third-order valence-corrected chi connectivity index (χ3v) is 4.12. The van der Waals surface area contributed by atoms with Gasteiger partial charge in [-0.2, -0.15) is 0 Å². The van der Waals surface area contributed by atoms with Crippen molar-refractivity contribution >= 4 is 29.9 Å². The van der Waals surface area contributed by atoms with Gasteiger partial charge in [0.05, 0.1) is 12.6 Å². The predicted octanol–water partition coefficient (Wildman–Crippen LogP) is 3.39. The van der Waals surface area contributed by atoms with Gasteiger partial charge in [-0.3, -0.25) is 0 Å². The molecule has 0 saturated carbocycles. The lowest BCUT2D eigenvalue weighted by molar-refractivity contribution is -0.0320. The van der Waals surface area contributed by atoms with Crippen molar-refractivity contribution < 1.29 is 13.9 Å². The van der Waals surface area contributed by atoms with Gasteiger partial charge in [0.2, 0.25) is 0 Å². The fourth-order valence-corrected chi connectivity index (χ4v) is 2.69. The fraction of sp³-hybridized carbons (Fsp3) is 0.632. The van der Waals surface area contributed by atoms with Crippen LogP contribution in [0.4, 0.5) is 4.39 Å². The molecular weight excluding hydrogens is 448 g/mol. The number of aryl methyl sites for hydroxylation is 1. The normalized spacial score (nSPS) is 15.4. The van der Waals surface area contributed by atoms with Gasteiger partial charge in [0.25, 0.3) is 0 Å². The lowest BCUT2D eigenvalue weighted by atomic mass is 10.1. The molecule has 0 aromatic heterocycles. The lowest BCUT2D eigenvalue weighted by Crippen LogP contribution is -2.38. The van der Waals surface area contributed by atoms with Crippen LogP contribution < -0.4 is 10.6 Å². The van der Waals surface area contributed by atoms with Crippen molar-refractivity contribution in [2.75, 3.05) is 32.9 Å². The highest BCUT2D eigenvalue weighted by atomic mass is 127. The molecule has 7 heteroatoms. The van der Waals surface area contributed by atoms with Crippen LogP contribution in [0.15, 0.2) is 23.2 Å². The zero-order valence-electron chi connectivity index (χ0n) is 15.7. The molecule has 1 heterocycles. The number of ether oxygens (including phenoxy) is 2. The van der Waals surface area contributed by atoms with Gasteiger partial charge in [0.1, 0.15) is 5.82 Å². The molecule has 1 aliphatic rings. The Morgan fingerprint density at radius 1 is 1.31 bits per heavy atom. The van der Waals surface area contributed by atoms with Gasteiger partial charge in [-0.1, -0.05) is 12.1 Å². The van der Waals surface area contributed by atoms with Crippen molar-refractivity contribution in [2.45, 2.75) is 45.8 Å². The van der Waals surface area contributed by atoms with E-state index in [1.54, 1.807) is 13.0 Å². The van der Waals surface area contributed by atoms with Crippen LogP contribution in [0.2, 0.25) is 0 Å². The van der Waals surface area contributed by atoms with Gasteiger partial charge in [-0.15, -0.1) is 24.0 Å². The summed E-state index contributed by atoms with van der Waals surface area (Å²) in [5.74, 6) is 0.595. The molecule has 26 heavy (non-hydrogen) atoms. The van der Waals surface area contributed by atoms with Gasteiger partial charge in [0, 0.05) is 32.9 Å². The van der Waals surface area contributed by atoms with Crippen LogP contribution in [0, 0.1) is 12.7 Å². The first-order chi connectivity index (χ1) is 12.2. The van der Waals surface area contributed by atoms with Crippen molar-refractivity contribution in [3.8, 4) is 0 Å². The molecule has 148 valence electrons. The Labute approximate surface area is 173 Å². The first kappa shape index (κ1) is 23.1. The Balaban J connectivity index is 0.00000338. The SMILES string of the molecule is CCNC(=NCc1ccc(F)c(C)c1)NCCCOC1CCOCC1.I. The van der Waals surface area contributed by atoms with E-state index in [9.17, 15) is 4.39 Å². The second kappa shape index (κ2) is 13.3. The molecule has 5 nitrogen and oxygen atoms in total. The minimum atomic E-state index is -0.178. The number of hydrogen-bond donors (Lipinski definition) is 2. The molecule has 0 unspecified atom stereocenters. The highest BCUT2D eigenvalue weighted by Gasteiger charge is 2.13. The van der Waals surface area contributed by atoms with Crippen molar-refractivity contribution in [1.82, 2.24) is 10.6 Å². The zero-order valence-corrected chi connectivity index (χ0v) is 18.1. The van der Waals surface area contributed by atoms with E-state index in [1.165, 1.54) is 6.07 Å². The van der Waals surface area contributed by atoms with Crippen LogP contribution in [-0.2, 0) is 16.0 Å². The monoisotopic (exact) mass is 479 g/mol. The van der Waals surface area contributed by atoms with Gasteiger partial charge in [-0.25, -0.2) is 9.38 Å². The number of benzene rings is 1. The minimum absolute atomic E-state index is 0. The Kier molecular flexibility index (Phi) is 11.8. The molecule has 0 aliphatic carbocycles. The Bertz CT molecular complexity index is 552. The Morgan fingerprint density at radius 3 is 2.77 bits per heavy atom. The Hall–Kier alpha value is -0.930. The number of aliphatic imine (C=N–C) groups is 1. The number of hydrogen-bond acceptors (Lipinski definition) is 3. The Morgan fingerprint density at radius 2 is 2.08 bits per heavy atom. The molecule has 1 aliphatic heterocycles. The summed E-state index contributed by atoms with van der Waals surface area (Å²) in [5.41, 5.74) is 1.65. The average Bonchev–Trinajstić information content (AvgIpc) is 2.63. The summed E-state index contributed by atoms with van der Waals surface area (Å²) in [4.78, 5) is 4.56. The lowest BCUT2D eigenvalue weighted by Gasteiger charge is -2.22. The summed E-state index contributed by atoms with van der Waals surface area (Å²) in [5, 5.41) is 6.54. The third kappa shape index (κ3) is 8.64. The summed E-state index contributed by atoms with van der Waals surface area (Å²) in [6.07, 6.45) is 3.26. The molecule has 2 rings (SSSR count). The van der Waals surface area contributed by atoms with Crippen molar-refractivity contribution in [1.29, 1.82) is 0 Å². The molecule has 2 N–H and O–H groups in total. The molecule has 0 spiro atoms. The molecule has 1 saturated heterocycles. The highest BCUT2D eigenvalue weighted by molar-refractivity contribution is 14.0. The van der Waals surface area contributed by atoms with E-state index in [-0.39, 0.29) is 29.8 Å². The first-order valence-corrected chi connectivity index (χ1v) is 9.15. The van der Waals surface area contributed by atoms with Crippen LogP contribution >= 0.6 is 24.0 Å². The smallest absolute Gasteiger partial charge is 0.191 e. The van der Waals surface area contributed by atoms with E-state index in [2.05, 4.69) is 15.6 Å². The second-order valence-corrected chi connectivity index (χ2v) is 6.24. The molecule has 0 amide bonds. The molecule has 1 fully saturated rings. The summed E-state index contributed by atoms with van der Waals surface area (Å²) in [7, 11) is 0.